The van der Waals surface area contributed by atoms with E-state index in [0.29, 0.717) is 12.8 Å². The maximum absolute atomic E-state index is 12.6. The summed E-state index contributed by atoms with van der Waals surface area (Å²) >= 11 is 0. The van der Waals surface area contributed by atoms with Gasteiger partial charge in [-0.25, -0.2) is 0 Å². The van der Waals surface area contributed by atoms with Crippen LogP contribution in [0.1, 0.15) is 162 Å². The molecule has 0 fully saturated rings. The first-order chi connectivity index (χ1) is 21.1. The summed E-state index contributed by atoms with van der Waals surface area (Å²) in [6.07, 6.45) is 24.1. The van der Waals surface area contributed by atoms with E-state index < -0.39 is 18.1 Å². The Hall–Kier alpha value is -1.67. The van der Waals surface area contributed by atoms with Crippen molar-refractivity contribution in [3.63, 3.8) is 0 Å². The average molecular weight is 628 g/mol. The van der Waals surface area contributed by atoms with Crippen LogP contribution in [0, 0.1) is 0 Å². The highest BCUT2D eigenvalue weighted by Gasteiger charge is 2.25. The standard InChI is InChI=1S/C36H69NO7/c1-6-8-10-12-14-16-17-19-21-23-25-27-35(39)44-32(30-42-29-28-33(36(40)41)37(3,4)5)31-43-34(38)26-24-22-20-18-15-13-11-9-7-2/h32-33H,6-31H2,1-5H3. The fraction of sp³-hybridized carbons (Fsp3) is 0.917. The molecule has 0 amide bonds. The van der Waals surface area contributed by atoms with Crippen LogP contribution >= 0.6 is 0 Å². The lowest BCUT2D eigenvalue weighted by atomic mass is 10.1. The number of ether oxygens (including phenoxy) is 3. The Kier molecular flexibility index (Phi) is 27.7. The highest BCUT2D eigenvalue weighted by atomic mass is 16.6. The molecule has 0 aromatic carbocycles. The minimum absolute atomic E-state index is 0.0478. The highest BCUT2D eigenvalue weighted by Crippen LogP contribution is 2.14. The van der Waals surface area contributed by atoms with Gasteiger partial charge in [-0.05, 0) is 12.8 Å². The van der Waals surface area contributed by atoms with E-state index in [1.807, 2.05) is 0 Å². The van der Waals surface area contributed by atoms with Crippen molar-refractivity contribution in [2.24, 2.45) is 0 Å². The molecule has 0 aliphatic heterocycles. The normalized spacial score (nSPS) is 13.0. The van der Waals surface area contributed by atoms with Crippen LogP contribution in [0.5, 0.6) is 0 Å². The molecule has 0 spiro atoms. The van der Waals surface area contributed by atoms with Gasteiger partial charge in [0.05, 0.1) is 40.3 Å². The Bertz CT molecular complexity index is 707. The van der Waals surface area contributed by atoms with Gasteiger partial charge in [0.25, 0.3) is 0 Å². The summed E-state index contributed by atoms with van der Waals surface area (Å²) in [5.41, 5.74) is 0. The molecule has 44 heavy (non-hydrogen) atoms. The van der Waals surface area contributed by atoms with E-state index in [0.717, 1.165) is 38.5 Å². The van der Waals surface area contributed by atoms with Crippen LogP contribution in [0.2, 0.25) is 0 Å². The van der Waals surface area contributed by atoms with E-state index in [1.54, 1.807) is 21.1 Å². The zero-order valence-corrected chi connectivity index (χ0v) is 29.3. The second-order valence-corrected chi connectivity index (χ2v) is 13.5. The number of hydrogen-bond donors (Lipinski definition) is 0. The van der Waals surface area contributed by atoms with Gasteiger partial charge in [-0.1, -0.05) is 129 Å². The largest absolute Gasteiger partial charge is 0.544 e. The predicted octanol–water partition coefficient (Wildman–Crippen LogP) is 7.29. The minimum atomic E-state index is -1.12. The fourth-order valence-electron chi connectivity index (χ4n) is 5.36. The maximum atomic E-state index is 12.6. The molecule has 0 rings (SSSR count). The molecule has 0 saturated heterocycles. The van der Waals surface area contributed by atoms with Gasteiger partial charge in [0, 0.05) is 19.3 Å². The number of unbranched alkanes of at least 4 members (excludes halogenated alkanes) is 18. The maximum Gasteiger partial charge on any atom is 0.306 e. The van der Waals surface area contributed by atoms with Gasteiger partial charge >= 0.3 is 11.9 Å². The second kappa shape index (κ2) is 28.8. The molecular weight excluding hydrogens is 558 g/mol. The average Bonchev–Trinajstić information content (AvgIpc) is 2.96. The number of hydrogen-bond acceptors (Lipinski definition) is 7. The van der Waals surface area contributed by atoms with Gasteiger partial charge in [-0.2, -0.15) is 0 Å². The molecule has 0 aliphatic rings. The van der Waals surface area contributed by atoms with Crippen molar-refractivity contribution >= 4 is 17.9 Å². The fourth-order valence-corrected chi connectivity index (χ4v) is 5.36. The third-order valence-corrected chi connectivity index (χ3v) is 8.24. The smallest absolute Gasteiger partial charge is 0.306 e. The van der Waals surface area contributed by atoms with Crippen LogP contribution in [0.15, 0.2) is 0 Å². The van der Waals surface area contributed by atoms with Gasteiger partial charge in [-0.15, -0.1) is 0 Å². The molecule has 8 nitrogen and oxygen atoms in total. The van der Waals surface area contributed by atoms with Crippen LogP contribution in [-0.2, 0) is 28.6 Å². The van der Waals surface area contributed by atoms with Gasteiger partial charge in [0.2, 0.25) is 0 Å². The highest BCUT2D eigenvalue weighted by molar-refractivity contribution is 5.70. The lowest BCUT2D eigenvalue weighted by Crippen LogP contribution is -2.55. The van der Waals surface area contributed by atoms with Crippen molar-refractivity contribution in [2.75, 3.05) is 41.0 Å². The Morgan fingerprint density at radius 2 is 1.00 bits per heavy atom. The van der Waals surface area contributed by atoms with Gasteiger partial charge < -0.3 is 28.6 Å². The Morgan fingerprint density at radius 3 is 1.41 bits per heavy atom. The Labute approximate surface area is 270 Å². The van der Waals surface area contributed by atoms with E-state index in [4.69, 9.17) is 14.2 Å². The molecule has 0 saturated carbocycles. The van der Waals surface area contributed by atoms with E-state index in [2.05, 4.69) is 13.8 Å². The predicted molar refractivity (Wildman–Crippen MR) is 176 cm³/mol. The van der Waals surface area contributed by atoms with Crippen LogP contribution in [0.4, 0.5) is 0 Å². The van der Waals surface area contributed by atoms with Gasteiger partial charge in [0.15, 0.2) is 6.10 Å². The topological polar surface area (TPSA) is 102 Å². The summed E-state index contributed by atoms with van der Waals surface area (Å²) < 4.78 is 17.0. The van der Waals surface area contributed by atoms with Crippen LogP contribution < -0.4 is 5.11 Å². The van der Waals surface area contributed by atoms with Gasteiger partial charge in [0.1, 0.15) is 12.6 Å². The molecule has 0 aromatic rings. The quantitative estimate of drug-likeness (QED) is 0.0438. The van der Waals surface area contributed by atoms with Crippen LogP contribution in [0.3, 0.4) is 0 Å². The van der Waals surface area contributed by atoms with E-state index in [-0.39, 0.29) is 42.7 Å². The molecule has 8 heteroatoms. The summed E-state index contributed by atoms with van der Waals surface area (Å²) in [5.74, 6) is -1.73. The summed E-state index contributed by atoms with van der Waals surface area (Å²) in [6, 6.07) is -0.716. The van der Waals surface area contributed by atoms with Crippen molar-refractivity contribution in [1.82, 2.24) is 0 Å². The van der Waals surface area contributed by atoms with Crippen LogP contribution in [-0.4, -0.2) is 75.5 Å². The number of esters is 2. The minimum Gasteiger partial charge on any atom is -0.544 e. The lowest BCUT2D eigenvalue weighted by molar-refractivity contribution is -0.889. The molecule has 0 radical (unpaired) electrons. The molecular formula is C36H69NO7. The van der Waals surface area contributed by atoms with E-state index in [1.165, 1.54) is 89.9 Å². The van der Waals surface area contributed by atoms with Crippen molar-refractivity contribution < 1.29 is 38.2 Å². The lowest BCUT2D eigenvalue weighted by Gasteiger charge is -2.34. The number of quaternary nitrogens is 1. The first-order valence-corrected chi connectivity index (χ1v) is 18.1. The summed E-state index contributed by atoms with van der Waals surface area (Å²) in [5, 5.41) is 11.5. The SMILES string of the molecule is CCCCCCCCCCCCCC(=O)OC(COCCC(C(=O)[O-])[N+](C)(C)C)COC(=O)CCCCCCCCCCC. The molecule has 0 aromatic heterocycles. The summed E-state index contributed by atoms with van der Waals surface area (Å²) in [7, 11) is 5.40. The summed E-state index contributed by atoms with van der Waals surface area (Å²) in [4.78, 5) is 36.5. The number of aliphatic carboxylic acids is 1. The van der Waals surface area contributed by atoms with Crippen molar-refractivity contribution in [3.05, 3.63) is 0 Å². The Morgan fingerprint density at radius 1 is 0.591 bits per heavy atom. The van der Waals surface area contributed by atoms with Gasteiger partial charge in [-0.3, -0.25) is 9.59 Å². The van der Waals surface area contributed by atoms with Crippen molar-refractivity contribution in [1.29, 1.82) is 0 Å². The number of carboxylic acids is 1. The monoisotopic (exact) mass is 628 g/mol. The van der Waals surface area contributed by atoms with E-state index in [9.17, 15) is 19.5 Å². The molecule has 260 valence electrons. The van der Waals surface area contributed by atoms with Crippen molar-refractivity contribution in [2.45, 2.75) is 174 Å². The van der Waals surface area contributed by atoms with E-state index >= 15 is 0 Å². The number of likely N-dealkylation sites (N-methyl/N-ethyl adjacent to an activating group) is 1. The molecule has 2 unspecified atom stereocenters. The molecule has 0 bridgehead atoms. The Balaban J connectivity index is 4.44. The number of carbonyl (C=O) groups is 3. The third kappa shape index (κ3) is 26.7. The zero-order chi connectivity index (χ0) is 32.9. The molecule has 0 N–H and O–H groups in total. The molecule has 2 atom stereocenters. The zero-order valence-electron chi connectivity index (χ0n) is 29.3. The molecule has 0 heterocycles. The first kappa shape index (κ1) is 42.3. The number of nitrogens with zero attached hydrogens (tertiary/aromatic N) is 1. The molecule has 0 aliphatic carbocycles. The first-order valence-electron chi connectivity index (χ1n) is 18.1. The number of carboxylic acid groups (broad SMARTS) is 1. The van der Waals surface area contributed by atoms with Crippen molar-refractivity contribution in [3.8, 4) is 0 Å². The third-order valence-electron chi connectivity index (χ3n) is 8.24. The summed E-state index contributed by atoms with van der Waals surface area (Å²) in [6.45, 7) is 4.63. The number of rotatable bonds is 32. The van der Waals surface area contributed by atoms with Crippen LogP contribution in [0.25, 0.3) is 0 Å². The number of carbonyl (C=O) groups excluding carboxylic acids is 3. The second-order valence-electron chi connectivity index (χ2n) is 13.5.